The zero-order chi connectivity index (χ0) is 23.4. The molecule has 2 atom stereocenters. The number of carbonyl (C=O) groups is 1. The monoisotopic (exact) mass is 510 g/mol. The number of hydrogen-bond acceptors (Lipinski definition) is 7. The maximum absolute atomic E-state index is 13.3. The standard InChI is InChI=1S/C25H31BrN6O/c1-18-4-3-5-22(18)32(25-21(26)15-28-24(14-27)29-25)17-23(33)20-8-6-19(7-9-20)16-31-12-10-30(2)11-13-31/h6-9,15,18,22H,3-5,10-13,16-17H2,1-2H3/t18-,22-/m0/s1. The summed E-state index contributed by atoms with van der Waals surface area (Å²) in [5.41, 5.74) is 1.94. The predicted octanol–water partition coefficient (Wildman–Crippen LogP) is 3.74. The number of halogens is 1. The highest BCUT2D eigenvalue weighted by atomic mass is 79.9. The Morgan fingerprint density at radius 1 is 1.21 bits per heavy atom. The molecule has 1 aliphatic heterocycles. The molecule has 2 heterocycles. The number of nitrogens with zero attached hydrogens (tertiary/aromatic N) is 6. The molecule has 1 aliphatic carbocycles. The Kier molecular flexibility index (Phi) is 7.74. The number of ketones is 1. The molecule has 2 fully saturated rings. The first-order valence-electron chi connectivity index (χ1n) is 11.7. The second kappa shape index (κ2) is 10.7. The topological polar surface area (TPSA) is 76.4 Å². The highest BCUT2D eigenvalue weighted by molar-refractivity contribution is 9.10. The Morgan fingerprint density at radius 3 is 2.58 bits per heavy atom. The van der Waals surface area contributed by atoms with Crippen molar-refractivity contribution in [3.8, 4) is 6.07 Å². The van der Waals surface area contributed by atoms with Crippen molar-refractivity contribution in [1.82, 2.24) is 19.8 Å². The van der Waals surface area contributed by atoms with E-state index in [-0.39, 0.29) is 24.2 Å². The van der Waals surface area contributed by atoms with Crippen LogP contribution in [0.4, 0.5) is 5.82 Å². The molecule has 8 heteroatoms. The van der Waals surface area contributed by atoms with Gasteiger partial charge in [0.1, 0.15) is 11.9 Å². The van der Waals surface area contributed by atoms with Crippen molar-refractivity contribution in [2.45, 2.75) is 38.8 Å². The number of piperazine rings is 1. The second-order valence-electron chi connectivity index (χ2n) is 9.28. The molecule has 1 saturated heterocycles. The van der Waals surface area contributed by atoms with Crippen LogP contribution in [0.2, 0.25) is 0 Å². The van der Waals surface area contributed by atoms with Crippen LogP contribution in [0.15, 0.2) is 34.9 Å². The van der Waals surface area contributed by atoms with Crippen molar-refractivity contribution in [3.05, 3.63) is 51.9 Å². The molecule has 174 valence electrons. The van der Waals surface area contributed by atoms with Gasteiger partial charge in [-0.15, -0.1) is 0 Å². The number of Topliss-reactive ketones (excluding diaryl/α,β-unsaturated/α-hetero) is 1. The summed E-state index contributed by atoms with van der Waals surface area (Å²) < 4.78 is 0.705. The molecule has 0 N–H and O–H groups in total. The third kappa shape index (κ3) is 5.78. The van der Waals surface area contributed by atoms with Crippen molar-refractivity contribution < 1.29 is 4.79 Å². The number of aromatic nitrogens is 2. The number of carbonyl (C=O) groups excluding carboxylic acids is 1. The number of rotatable bonds is 7. The summed E-state index contributed by atoms with van der Waals surface area (Å²) in [5.74, 6) is 1.25. The number of benzene rings is 1. The van der Waals surface area contributed by atoms with Crippen molar-refractivity contribution in [3.63, 3.8) is 0 Å². The normalized spacial score (nSPS) is 21.6. The van der Waals surface area contributed by atoms with Crippen LogP contribution < -0.4 is 4.90 Å². The first-order chi connectivity index (χ1) is 15.9. The lowest BCUT2D eigenvalue weighted by atomic mass is 10.0. The van der Waals surface area contributed by atoms with Gasteiger partial charge >= 0.3 is 0 Å². The van der Waals surface area contributed by atoms with Gasteiger partial charge in [0, 0.05) is 50.5 Å². The van der Waals surface area contributed by atoms with Crippen LogP contribution in [0, 0.1) is 17.2 Å². The summed E-state index contributed by atoms with van der Waals surface area (Å²) in [6.07, 6.45) is 4.87. The Balaban J connectivity index is 1.49. The molecule has 4 rings (SSSR count). The van der Waals surface area contributed by atoms with E-state index in [1.165, 1.54) is 5.56 Å². The number of nitriles is 1. The van der Waals surface area contributed by atoms with Crippen LogP contribution in [-0.2, 0) is 6.54 Å². The number of anilines is 1. The summed E-state index contributed by atoms with van der Waals surface area (Å²) in [4.78, 5) is 28.7. The van der Waals surface area contributed by atoms with Crippen LogP contribution >= 0.6 is 15.9 Å². The first-order valence-corrected chi connectivity index (χ1v) is 12.5. The van der Waals surface area contributed by atoms with E-state index in [1.54, 1.807) is 6.20 Å². The molecule has 0 radical (unpaired) electrons. The van der Waals surface area contributed by atoms with Crippen LogP contribution in [-0.4, -0.2) is 71.4 Å². The minimum absolute atomic E-state index is 0.0595. The molecule has 0 spiro atoms. The van der Waals surface area contributed by atoms with Crippen LogP contribution in [0.1, 0.15) is 47.9 Å². The van der Waals surface area contributed by atoms with Crippen LogP contribution in [0.3, 0.4) is 0 Å². The first kappa shape index (κ1) is 23.8. The van der Waals surface area contributed by atoms with Crippen LogP contribution in [0.25, 0.3) is 0 Å². The molecule has 1 aromatic heterocycles. The average Bonchev–Trinajstić information content (AvgIpc) is 3.25. The minimum atomic E-state index is 0.0595. The molecule has 2 aliphatic rings. The largest absolute Gasteiger partial charge is 0.345 e. The highest BCUT2D eigenvalue weighted by Gasteiger charge is 2.32. The van der Waals surface area contributed by atoms with Crippen molar-refractivity contribution in [2.75, 3.05) is 44.7 Å². The van der Waals surface area contributed by atoms with Gasteiger partial charge in [-0.3, -0.25) is 9.69 Å². The van der Waals surface area contributed by atoms with Gasteiger partial charge < -0.3 is 9.80 Å². The van der Waals surface area contributed by atoms with Gasteiger partial charge in [-0.1, -0.05) is 37.6 Å². The van der Waals surface area contributed by atoms with E-state index in [0.717, 1.165) is 52.0 Å². The van der Waals surface area contributed by atoms with Gasteiger partial charge in [-0.05, 0) is 47.3 Å². The fraction of sp³-hybridized carbons (Fsp3) is 0.520. The van der Waals surface area contributed by atoms with E-state index >= 15 is 0 Å². The lowest BCUT2D eigenvalue weighted by Gasteiger charge is -2.33. The molecule has 1 saturated carbocycles. The molecule has 1 aromatic carbocycles. The summed E-state index contributed by atoms with van der Waals surface area (Å²) in [5, 5.41) is 9.29. The fourth-order valence-electron chi connectivity index (χ4n) is 4.86. The van der Waals surface area contributed by atoms with Crippen LogP contribution in [0.5, 0.6) is 0 Å². The zero-order valence-corrected chi connectivity index (χ0v) is 21.0. The third-order valence-electron chi connectivity index (χ3n) is 6.91. The van der Waals surface area contributed by atoms with Gasteiger partial charge in [0.25, 0.3) is 0 Å². The van der Waals surface area contributed by atoms with E-state index in [9.17, 15) is 10.1 Å². The van der Waals surface area contributed by atoms with Gasteiger partial charge in [0.15, 0.2) is 5.78 Å². The molecule has 2 aromatic rings. The second-order valence-corrected chi connectivity index (χ2v) is 10.1. The van der Waals surface area contributed by atoms with Crippen molar-refractivity contribution >= 4 is 27.5 Å². The molecule has 7 nitrogen and oxygen atoms in total. The molecule has 0 unspecified atom stereocenters. The fourth-order valence-corrected chi connectivity index (χ4v) is 5.28. The average molecular weight is 511 g/mol. The summed E-state index contributed by atoms with van der Waals surface area (Å²) in [6, 6.07) is 10.3. The maximum Gasteiger partial charge on any atom is 0.234 e. The summed E-state index contributed by atoms with van der Waals surface area (Å²) >= 11 is 3.54. The smallest absolute Gasteiger partial charge is 0.234 e. The third-order valence-corrected chi connectivity index (χ3v) is 7.47. The Bertz CT molecular complexity index is 1010. The minimum Gasteiger partial charge on any atom is -0.345 e. The van der Waals surface area contributed by atoms with Gasteiger partial charge in [0.05, 0.1) is 11.0 Å². The quantitative estimate of drug-likeness (QED) is 0.525. The number of hydrogen-bond donors (Lipinski definition) is 0. The van der Waals surface area contributed by atoms with E-state index in [2.05, 4.69) is 66.7 Å². The van der Waals surface area contributed by atoms with E-state index in [1.807, 2.05) is 18.2 Å². The van der Waals surface area contributed by atoms with Gasteiger partial charge in [-0.2, -0.15) is 5.26 Å². The predicted molar refractivity (Wildman–Crippen MR) is 132 cm³/mol. The highest BCUT2D eigenvalue weighted by Crippen LogP contribution is 2.35. The molecule has 0 amide bonds. The molecular weight excluding hydrogens is 480 g/mol. The zero-order valence-electron chi connectivity index (χ0n) is 19.4. The van der Waals surface area contributed by atoms with E-state index < -0.39 is 0 Å². The van der Waals surface area contributed by atoms with Crippen molar-refractivity contribution in [2.24, 2.45) is 5.92 Å². The Hall–Kier alpha value is -2.34. The summed E-state index contributed by atoms with van der Waals surface area (Å²) in [7, 11) is 2.16. The lowest BCUT2D eigenvalue weighted by Crippen LogP contribution is -2.43. The summed E-state index contributed by atoms with van der Waals surface area (Å²) in [6.45, 7) is 7.71. The SMILES string of the molecule is C[C@H]1CCC[C@@H]1N(CC(=O)c1ccc(CN2CCN(C)CC2)cc1)c1nc(C#N)ncc1Br. The molecular formula is C25H31BrN6O. The van der Waals surface area contributed by atoms with E-state index in [0.29, 0.717) is 21.8 Å². The van der Waals surface area contributed by atoms with E-state index in [4.69, 9.17) is 0 Å². The van der Waals surface area contributed by atoms with Crippen molar-refractivity contribution in [1.29, 1.82) is 5.26 Å². The molecule has 33 heavy (non-hydrogen) atoms. The maximum atomic E-state index is 13.3. The van der Waals surface area contributed by atoms with Gasteiger partial charge in [-0.25, -0.2) is 9.97 Å². The Labute approximate surface area is 204 Å². The Morgan fingerprint density at radius 2 is 1.94 bits per heavy atom. The lowest BCUT2D eigenvalue weighted by molar-refractivity contribution is 0.0995. The van der Waals surface area contributed by atoms with Gasteiger partial charge in [0.2, 0.25) is 5.82 Å². The number of likely N-dealkylation sites (N-methyl/N-ethyl adjacent to an activating group) is 1. The molecule has 0 bridgehead atoms.